The summed E-state index contributed by atoms with van der Waals surface area (Å²) in [6, 6.07) is 27.2. The summed E-state index contributed by atoms with van der Waals surface area (Å²) < 4.78 is 6.02. The fourth-order valence-corrected chi connectivity index (χ4v) is 5.42. The highest BCUT2D eigenvalue weighted by molar-refractivity contribution is 5.83. The van der Waals surface area contributed by atoms with E-state index in [1.54, 1.807) is 0 Å². The van der Waals surface area contributed by atoms with Crippen LogP contribution < -0.4 is 10.1 Å². The Kier molecular flexibility index (Phi) is 8.05. The molecule has 1 N–H and O–H groups in total. The van der Waals surface area contributed by atoms with Crippen molar-refractivity contribution in [2.75, 3.05) is 13.2 Å². The lowest BCUT2D eigenvalue weighted by Gasteiger charge is -2.31. The zero-order valence-electron chi connectivity index (χ0n) is 20.6. The fourth-order valence-electron chi connectivity index (χ4n) is 5.42. The van der Waals surface area contributed by atoms with Crippen LogP contribution in [0.5, 0.6) is 5.75 Å². The van der Waals surface area contributed by atoms with Crippen LogP contribution in [0.15, 0.2) is 78.9 Å². The number of hydrogen-bond donors (Lipinski definition) is 1. The van der Waals surface area contributed by atoms with Crippen molar-refractivity contribution in [3.05, 3.63) is 101 Å². The molecule has 34 heavy (non-hydrogen) atoms. The number of carbonyl (C=O) groups is 1. The van der Waals surface area contributed by atoms with E-state index in [0.717, 1.165) is 37.0 Å². The van der Waals surface area contributed by atoms with E-state index >= 15 is 0 Å². The average molecular weight is 456 g/mol. The van der Waals surface area contributed by atoms with Gasteiger partial charge in [-0.05, 0) is 73.9 Å². The van der Waals surface area contributed by atoms with Crippen molar-refractivity contribution in [3.63, 3.8) is 0 Å². The molecule has 0 heterocycles. The molecule has 3 nitrogen and oxygen atoms in total. The average Bonchev–Trinajstić information content (AvgIpc) is 3.33. The van der Waals surface area contributed by atoms with Gasteiger partial charge >= 0.3 is 0 Å². The summed E-state index contributed by atoms with van der Waals surface area (Å²) in [6.45, 7) is 5.48. The Bertz CT molecular complexity index is 1040. The summed E-state index contributed by atoms with van der Waals surface area (Å²) >= 11 is 0. The molecule has 3 aromatic rings. The number of ether oxygens (including phenoxy) is 1. The monoisotopic (exact) mass is 455 g/mol. The lowest BCUT2D eigenvalue weighted by Crippen LogP contribution is -2.41. The molecule has 1 atom stereocenters. The molecule has 0 aromatic heterocycles. The summed E-state index contributed by atoms with van der Waals surface area (Å²) in [5.74, 6) is 0.863. The van der Waals surface area contributed by atoms with E-state index in [9.17, 15) is 4.79 Å². The fraction of sp³-hybridized carbons (Fsp3) is 0.387. The molecule has 1 aliphatic carbocycles. The number of amides is 1. The van der Waals surface area contributed by atoms with Crippen molar-refractivity contribution in [2.45, 2.75) is 63.7 Å². The van der Waals surface area contributed by atoms with Crippen LogP contribution in [0, 0.1) is 13.8 Å². The van der Waals surface area contributed by atoms with Crippen molar-refractivity contribution >= 4 is 5.91 Å². The third kappa shape index (κ3) is 6.08. The van der Waals surface area contributed by atoms with E-state index in [4.69, 9.17) is 4.74 Å². The van der Waals surface area contributed by atoms with Gasteiger partial charge in [-0.1, -0.05) is 79.6 Å². The molecule has 3 aromatic carbocycles. The summed E-state index contributed by atoms with van der Waals surface area (Å²) in [4.78, 5) is 13.5. The standard InChI is InChI=1S/C31H37NO2/c1-24-20-25(2)22-28(21-24)34-19-11-16-29(26-12-5-3-6-13-26)30(33)32-23-31(17-9-10-18-31)27-14-7-4-8-15-27/h3-8,12-15,20-22,29H,9-11,16-19,23H2,1-2H3,(H,32,33). The lowest BCUT2D eigenvalue weighted by molar-refractivity contribution is -0.123. The van der Waals surface area contributed by atoms with E-state index in [1.165, 1.54) is 29.5 Å². The first-order valence-electron chi connectivity index (χ1n) is 12.7. The second-order valence-corrected chi connectivity index (χ2v) is 9.85. The van der Waals surface area contributed by atoms with Gasteiger partial charge in [-0.15, -0.1) is 0 Å². The predicted molar refractivity (Wildman–Crippen MR) is 139 cm³/mol. The molecule has 1 amide bonds. The second-order valence-electron chi connectivity index (χ2n) is 9.85. The number of carbonyl (C=O) groups excluding carboxylic acids is 1. The molecule has 0 aliphatic heterocycles. The van der Waals surface area contributed by atoms with Crippen LogP contribution in [0.2, 0.25) is 0 Å². The zero-order chi connectivity index (χ0) is 23.8. The normalized spacial score (nSPS) is 15.6. The molecule has 1 aliphatic rings. The molecule has 3 heteroatoms. The van der Waals surface area contributed by atoms with E-state index < -0.39 is 0 Å². The molecular weight excluding hydrogens is 418 g/mol. The molecule has 178 valence electrons. The quantitative estimate of drug-likeness (QED) is 0.339. The minimum Gasteiger partial charge on any atom is -0.494 e. The molecule has 1 saturated carbocycles. The number of rotatable bonds is 10. The SMILES string of the molecule is Cc1cc(C)cc(OCCCC(C(=O)NCC2(c3ccccc3)CCCC2)c2ccccc2)c1. The van der Waals surface area contributed by atoms with E-state index in [-0.39, 0.29) is 17.2 Å². The first-order chi connectivity index (χ1) is 16.6. The van der Waals surface area contributed by atoms with E-state index in [2.05, 4.69) is 79.8 Å². The Morgan fingerprint density at radius 1 is 0.912 bits per heavy atom. The summed E-state index contributed by atoms with van der Waals surface area (Å²) in [5, 5.41) is 3.36. The molecule has 0 radical (unpaired) electrons. The number of benzene rings is 3. The molecule has 0 spiro atoms. The van der Waals surface area contributed by atoms with E-state index in [0.29, 0.717) is 13.2 Å². The first kappa shape index (κ1) is 24.1. The molecular formula is C31H37NO2. The highest BCUT2D eigenvalue weighted by atomic mass is 16.5. The van der Waals surface area contributed by atoms with Gasteiger partial charge in [-0.3, -0.25) is 4.79 Å². The minimum atomic E-state index is -0.168. The maximum absolute atomic E-state index is 13.5. The first-order valence-corrected chi connectivity index (χ1v) is 12.7. The Labute approximate surface area is 204 Å². The van der Waals surface area contributed by atoms with Gasteiger partial charge < -0.3 is 10.1 Å². The third-order valence-corrected chi connectivity index (χ3v) is 7.17. The van der Waals surface area contributed by atoms with E-state index in [1.807, 2.05) is 18.2 Å². The number of aryl methyl sites for hydroxylation is 2. The lowest BCUT2D eigenvalue weighted by atomic mass is 9.78. The molecule has 4 rings (SSSR count). The van der Waals surface area contributed by atoms with Crippen LogP contribution in [0.4, 0.5) is 0 Å². The maximum Gasteiger partial charge on any atom is 0.227 e. The third-order valence-electron chi connectivity index (χ3n) is 7.17. The smallest absolute Gasteiger partial charge is 0.227 e. The minimum absolute atomic E-state index is 0.0598. The molecule has 1 unspecified atom stereocenters. The van der Waals surface area contributed by atoms with Gasteiger partial charge in [0, 0.05) is 12.0 Å². The number of hydrogen-bond acceptors (Lipinski definition) is 2. The van der Waals surface area contributed by atoms with Crippen LogP contribution in [0.1, 0.15) is 66.7 Å². The van der Waals surface area contributed by atoms with Gasteiger partial charge in [0.1, 0.15) is 5.75 Å². The predicted octanol–water partition coefficient (Wildman–Crippen LogP) is 6.87. The maximum atomic E-state index is 13.5. The van der Waals surface area contributed by atoms with Crippen molar-refractivity contribution < 1.29 is 9.53 Å². The zero-order valence-corrected chi connectivity index (χ0v) is 20.6. The van der Waals surface area contributed by atoms with Gasteiger partial charge in [0.15, 0.2) is 0 Å². The van der Waals surface area contributed by atoms with Crippen LogP contribution in [0.25, 0.3) is 0 Å². The Balaban J connectivity index is 1.39. The van der Waals surface area contributed by atoms with Crippen molar-refractivity contribution in [2.24, 2.45) is 0 Å². The van der Waals surface area contributed by atoms with Gasteiger partial charge in [0.25, 0.3) is 0 Å². The summed E-state index contributed by atoms with van der Waals surface area (Å²) in [5.41, 5.74) is 4.90. The van der Waals surface area contributed by atoms with Gasteiger partial charge in [0.05, 0.1) is 12.5 Å². The highest BCUT2D eigenvalue weighted by Gasteiger charge is 2.36. The van der Waals surface area contributed by atoms with Gasteiger partial charge in [-0.25, -0.2) is 0 Å². The molecule has 0 bridgehead atoms. The molecule has 0 saturated heterocycles. The largest absolute Gasteiger partial charge is 0.494 e. The van der Waals surface area contributed by atoms with Crippen LogP contribution in [-0.4, -0.2) is 19.1 Å². The number of nitrogens with one attached hydrogen (secondary N) is 1. The van der Waals surface area contributed by atoms with Gasteiger partial charge in [-0.2, -0.15) is 0 Å². The Hall–Kier alpha value is -3.07. The summed E-state index contributed by atoms with van der Waals surface area (Å²) in [6.07, 6.45) is 6.31. The van der Waals surface area contributed by atoms with Crippen LogP contribution in [0.3, 0.4) is 0 Å². The van der Waals surface area contributed by atoms with Crippen LogP contribution >= 0.6 is 0 Å². The second kappa shape index (κ2) is 11.4. The Morgan fingerprint density at radius 3 is 2.18 bits per heavy atom. The Morgan fingerprint density at radius 2 is 1.53 bits per heavy atom. The highest BCUT2D eigenvalue weighted by Crippen LogP contribution is 2.40. The molecule has 1 fully saturated rings. The van der Waals surface area contributed by atoms with Crippen molar-refractivity contribution in [1.29, 1.82) is 0 Å². The van der Waals surface area contributed by atoms with Crippen LogP contribution in [-0.2, 0) is 10.2 Å². The van der Waals surface area contributed by atoms with Crippen molar-refractivity contribution in [1.82, 2.24) is 5.32 Å². The topological polar surface area (TPSA) is 38.3 Å². The van der Waals surface area contributed by atoms with Gasteiger partial charge in [0.2, 0.25) is 5.91 Å². The van der Waals surface area contributed by atoms with Crippen molar-refractivity contribution in [3.8, 4) is 5.75 Å². The summed E-state index contributed by atoms with van der Waals surface area (Å²) in [7, 11) is 0.